The van der Waals surface area contributed by atoms with E-state index in [-0.39, 0.29) is 5.56 Å². The number of aryl methyl sites for hydroxylation is 1. The Bertz CT molecular complexity index is 504. The zero-order valence-electron chi connectivity index (χ0n) is 11.6. The lowest BCUT2D eigenvalue weighted by Crippen LogP contribution is -2.24. The van der Waals surface area contributed by atoms with Gasteiger partial charge in [0.2, 0.25) is 0 Å². The van der Waals surface area contributed by atoms with E-state index in [1.165, 1.54) is 37.7 Å². The van der Waals surface area contributed by atoms with Gasteiger partial charge in [0.05, 0.1) is 0 Å². The third-order valence-electron chi connectivity index (χ3n) is 3.34. The molecule has 1 saturated heterocycles. The molecule has 2 rings (SSSR count). The summed E-state index contributed by atoms with van der Waals surface area (Å²) in [6.45, 7) is 4.85. The summed E-state index contributed by atoms with van der Waals surface area (Å²) in [5, 5.41) is 0.796. The average Bonchev–Trinajstić information content (AvgIpc) is 2.92. The van der Waals surface area contributed by atoms with Crippen LogP contribution < -0.4 is 5.56 Å². The molecule has 0 atom stereocenters. The number of likely N-dealkylation sites (tertiary alicyclic amines) is 1. The van der Waals surface area contributed by atoms with Gasteiger partial charge < -0.3 is 4.90 Å². The summed E-state index contributed by atoms with van der Waals surface area (Å²) in [5.41, 5.74) is 0.787. The first-order valence-corrected chi connectivity index (χ1v) is 7.96. The lowest BCUT2D eigenvalue weighted by atomic mass is 10.3. The number of allylic oxidation sites excluding steroid dienone is 1. The van der Waals surface area contributed by atoms with Crippen LogP contribution in [0.4, 0.5) is 0 Å². The van der Waals surface area contributed by atoms with Crippen molar-refractivity contribution in [2.75, 3.05) is 19.3 Å². The van der Waals surface area contributed by atoms with Gasteiger partial charge in [-0.2, -0.15) is 0 Å². The van der Waals surface area contributed by atoms with Crippen LogP contribution in [0, 0.1) is 6.92 Å². The van der Waals surface area contributed by atoms with Crippen LogP contribution in [-0.4, -0.2) is 33.8 Å². The molecule has 0 spiro atoms. The van der Waals surface area contributed by atoms with Gasteiger partial charge in [-0.3, -0.25) is 9.36 Å². The van der Waals surface area contributed by atoms with Crippen LogP contribution >= 0.6 is 11.8 Å². The Morgan fingerprint density at radius 2 is 2.16 bits per heavy atom. The normalized spacial score (nSPS) is 15.6. The zero-order valence-corrected chi connectivity index (χ0v) is 12.4. The molecule has 2 heterocycles. The lowest BCUT2D eigenvalue weighted by Gasteiger charge is -2.11. The van der Waals surface area contributed by atoms with Gasteiger partial charge in [0.15, 0.2) is 5.16 Å². The lowest BCUT2D eigenvalue weighted by molar-refractivity contribution is 0.464. The van der Waals surface area contributed by atoms with Crippen molar-refractivity contribution in [2.24, 2.45) is 0 Å². The van der Waals surface area contributed by atoms with Crippen LogP contribution in [0.2, 0.25) is 0 Å². The molecule has 0 bridgehead atoms. The van der Waals surface area contributed by atoms with Crippen molar-refractivity contribution in [3.63, 3.8) is 0 Å². The van der Waals surface area contributed by atoms with E-state index >= 15 is 0 Å². The molecule has 0 radical (unpaired) electrons. The molecule has 1 aromatic rings. The van der Waals surface area contributed by atoms with Gasteiger partial charge >= 0.3 is 0 Å². The molecule has 0 saturated carbocycles. The summed E-state index contributed by atoms with van der Waals surface area (Å²) >= 11 is 1.52. The van der Waals surface area contributed by atoms with Gasteiger partial charge in [0.25, 0.3) is 5.56 Å². The van der Waals surface area contributed by atoms with E-state index in [4.69, 9.17) is 0 Å². The van der Waals surface area contributed by atoms with Crippen LogP contribution in [-0.2, 0) is 6.54 Å². The Hall–Kier alpha value is -1.23. The third kappa shape index (κ3) is 3.62. The molecule has 1 aliphatic heterocycles. The molecular formula is C14H21N3OS. The molecule has 0 aromatic carbocycles. The predicted molar refractivity (Wildman–Crippen MR) is 79.6 cm³/mol. The smallest absolute Gasteiger partial charge is 0.257 e. The molecule has 1 fully saturated rings. The van der Waals surface area contributed by atoms with Crippen molar-refractivity contribution in [2.45, 2.75) is 37.9 Å². The van der Waals surface area contributed by atoms with Crippen LogP contribution in [0.25, 0.3) is 0 Å². The molecule has 104 valence electrons. The van der Waals surface area contributed by atoms with Crippen molar-refractivity contribution in [3.8, 4) is 0 Å². The van der Waals surface area contributed by atoms with Crippen LogP contribution in [0.5, 0.6) is 0 Å². The summed E-state index contributed by atoms with van der Waals surface area (Å²) in [7, 11) is 0. The number of thioether (sulfide) groups is 1. The first-order chi connectivity index (χ1) is 9.22. The summed E-state index contributed by atoms with van der Waals surface area (Å²) in [4.78, 5) is 18.7. The Morgan fingerprint density at radius 1 is 1.42 bits per heavy atom. The fourth-order valence-electron chi connectivity index (χ4n) is 2.25. The van der Waals surface area contributed by atoms with E-state index in [1.54, 1.807) is 10.8 Å². The van der Waals surface area contributed by atoms with Crippen molar-refractivity contribution in [1.82, 2.24) is 14.5 Å². The number of nitrogens with zero attached hydrogens (tertiary/aromatic N) is 3. The molecular weight excluding hydrogens is 258 g/mol. The third-order valence-corrected chi connectivity index (χ3v) is 4.03. The number of hydrogen-bond acceptors (Lipinski definition) is 4. The molecule has 19 heavy (non-hydrogen) atoms. The second kappa shape index (κ2) is 6.80. The monoisotopic (exact) mass is 279 g/mol. The molecule has 5 heteroatoms. The molecule has 1 aromatic heterocycles. The maximum absolute atomic E-state index is 12.1. The highest BCUT2D eigenvalue weighted by molar-refractivity contribution is 7.98. The van der Waals surface area contributed by atoms with E-state index in [9.17, 15) is 4.79 Å². The van der Waals surface area contributed by atoms with Gasteiger partial charge in [-0.05, 0) is 38.6 Å². The quantitative estimate of drug-likeness (QED) is 0.612. The number of rotatable bonds is 5. The maximum atomic E-state index is 12.1. The number of hydrogen-bond donors (Lipinski definition) is 0. The van der Waals surface area contributed by atoms with Crippen molar-refractivity contribution < 1.29 is 0 Å². The minimum atomic E-state index is 0.0777. The van der Waals surface area contributed by atoms with Crippen molar-refractivity contribution in [1.29, 1.82) is 0 Å². The Balaban J connectivity index is 1.98. The van der Waals surface area contributed by atoms with Gasteiger partial charge in [-0.15, -0.1) is 0 Å². The predicted octanol–water partition coefficient (Wildman–Crippen LogP) is 2.27. The number of aromatic nitrogens is 2. The summed E-state index contributed by atoms with van der Waals surface area (Å²) in [6, 6.07) is 0. The molecule has 0 N–H and O–H groups in total. The maximum Gasteiger partial charge on any atom is 0.257 e. The Morgan fingerprint density at radius 3 is 2.84 bits per heavy atom. The average molecular weight is 279 g/mol. The van der Waals surface area contributed by atoms with Gasteiger partial charge in [-0.1, -0.05) is 17.8 Å². The summed E-state index contributed by atoms with van der Waals surface area (Å²) in [5.74, 6) is 0. The van der Waals surface area contributed by atoms with E-state index in [0.29, 0.717) is 12.1 Å². The minimum absolute atomic E-state index is 0.0777. The van der Waals surface area contributed by atoms with Crippen molar-refractivity contribution in [3.05, 3.63) is 34.4 Å². The standard InChI is InChI=1S/C14H21N3OS/c1-12-11-15-14(19-2)17(13(12)18)10-6-5-9-16-7-3-4-8-16/h5,9,11H,3-4,6-8,10H2,1-2H3/b9-5+. The van der Waals surface area contributed by atoms with Crippen LogP contribution in [0.1, 0.15) is 24.8 Å². The second-order valence-corrected chi connectivity index (χ2v) is 5.57. The van der Waals surface area contributed by atoms with Gasteiger partial charge in [0.1, 0.15) is 0 Å². The van der Waals surface area contributed by atoms with E-state index < -0.39 is 0 Å². The second-order valence-electron chi connectivity index (χ2n) is 4.80. The topological polar surface area (TPSA) is 38.1 Å². The van der Waals surface area contributed by atoms with Gasteiger partial charge in [0, 0.05) is 31.4 Å². The Labute approximate surface area is 118 Å². The molecule has 4 nitrogen and oxygen atoms in total. The van der Waals surface area contributed by atoms with Crippen LogP contribution in [0.15, 0.2) is 28.4 Å². The highest BCUT2D eigenvalue weighted by Gasteiger charge is 2.07. The Kier molecular flexibility index (Phi) is 5.07. The fourth-order valence-corrected chi connectivity index (χ4v) is 2.81. The highest BCUT2D eigenvalue weighted by atomic mass is 32.2. The molecule has 0 aliphatic carbocycles. The fraction of sp³-hybridized carbons (Fsp3) is 0.571. The first-order valence-electron chi connectivity index (χ1n) is 6.73. The SMILES string of the molecule is CSc1ncc(C)c(=O)n1CC/C=C/N1CCCC1. The minimum Gasteiger partial charge on any atom is -0.378 e. The van der Waals surface area contributed by atoms with Gasteiger partial charge in [-0.25, -0.2) is 4.98 Å². The summed E-state index contributed by atoms with van der Waals surface area (Å²) < 4.78 is 1.77. The van der Waals surface area contributed by atoms with E-state index in [0.717, 1.165) is 11.6 Å². The summed E-state index contributed by atoms with van der Waals surface area (Å²) in [6.07, 6.45) is 11.4. The largest absolute Gasteiger partial charge is 0.378 e. The van der Waals surface area contributed by atoms with E-state index in [1.807, 2.05) is 13.2 Å². The zero-order chi connectivity index (χ0) is 13.7. The van der Waals surface area contributed by atoms with Crippen LogP contribution in [0.3, 0.4) is 0 Å². The highest BCUT2D eigenvalue weighted by Crippen LogP contribution is 2.11. The first kappa shape index (κ1) is 14.2. The molecule has 1 aliphatic rings. The molecule has 0 unspecified atom stereocenters. The van der Waals surface area contributed by atoms with E-state index in [2.05, 4.69) is 22.2 Å². The van der Waals surface area contributed by atoms with Crippen molar-refractivity contribution >= 4 is 11.8 Å². The molecule has 0 amide bonds.